The number of allylic oxidation sites excluding steroid dienone is 2. The van der Waals surface area contributed by atoms with Gasteiger partial charge < -0.3 is 20.6 Å². The first-order chi connectivity index (χ1) is 30.0. The average molecular weight is 863 g/mol. The maximum Gasteiger partial charge on any atom is 0.222 e. The van der Waals surface area contributed by atoms with Gasteiger partial charge in [-0.3, -0.25) is 4.79 Å². The molecule has 0 fully saturated rings. The van der Waals surface area contributed by atoms with E-state index < -0.39 is 18.2 Å². The molecule has 1 amide bonds. The molecule has 0 bridgehead atoms. The molecule has 5 nitrogen and oxygen atoms in total. The van der Waals surface area contributed by atoms with Crippen molar-refractivity contribution in [2.45, 2.75) is 334 Å². The molecule has 3 unspecified atom stereocenters. The van der Waals surface area contributed by atoms with E-state index in [0.29, 0.717) is 12.8 Å². The van der Waals surface area contributed by atoms with Gasteiger partial charge in [-0.1, -0.05) is 283 Å². The van der Waals surface area contributed by atoms with Crippen LogP contribution in [-0.4, -0.2) is 46.1 Å². The Labute approximate surface area is 382 Å². The first kappa shape index (κ1) is 60.1. The van der Waals surface area contributed by atoms with E-state index in [1.165, 1.54) is 257 Å². The number of aliphatic hydroxyl groups is 3. The van der Waals surface area contributed by atoms with Gasteiger partial charge in [0.1, 0.15) is 0 Å². The molecule has 0 aliphatic carbocycles. The summed E-state index contributed by atoms with van der Waals surface area (Å²) < 4.78 is 0. The molecular formula is C56H111NO4. The van der Waals surface area contributed by atoms with Crippen molar-refractivity contribution in [3.63, 3.8) is 0 Å². The van der Waals surface area contributed by atoms with Gasteiger partial charge in [-0.15, -0.1) is 0 Å². The zero-order chi connectivity index (χ0) is 44.4. The van der Waals surface area contributed by atoms with Gasteiger partial charge in [-0.25, -0.2) is 0 Å². The first-order valence-electron chi connectivity index (χ1n) is 28.0. The van der Waals surface area contributed by atoms with Gasteiger partial charge in [0.05, 0.1) is 31.3 Å². The Bertz CT molecular complexity index is 864. The van der Waals surface area contributed by atoms with Crippen LogP contribution >= 0.6 is 0 Å². The summed E-state index contributed by atoms with van der Waals surface area (Å²) in [5, 5.41) is 33.6. The van der Waals surface area contributed by atoms with Crippen LogP contribution in [0.2, 0.25) is 0 Å². The Kier molecular flexibility index (Phi) is 51.0. The summed E-state index contributed by atoms with van der Waals surface area (Å²) in [5.74, 6) is -0.281. The van der Waals surface area contributed by atoms with Crippen molar-refractivity contribution >= 4 is 5.91 Å². The standard InChI is InChI=1S/C56H111NO4/c1-3-5-7-9-11-13-15-17-19-21-23-25-27-28-30-32-34-36-38-40-42-44-46-48-50-55(60)54(52-58)57-56(61)51-53(59)49-47-45-43-41-39-37-35-33-31-29-26-24-22-20-18-16-14-12-10-8-6-4-2/h31,33,53-55,58-60H,3-30,32,34-52H2,1-2H3,(H,57,61)/b33-31-. The fraction of sp³-hybridized carbons (Fsp3) is 0.946. The van der Waals surface area contributed by atoms with E-state index in [-0.39, 0.29) is 18.9 Å². The number of carbonyl (C=O) groups excluding carboxylic acids is 1. The third-order valence-corrected chi connectivity index (χ3v) is 13.3. The lowest BCUT2D eigenvalue weighted by Gasteiger charge is -2.23. The highest BCUT2D eigenvalue weighted by atomic mass is 16.3. The molecule has 0 radical (unpaired) electrons. The minimum atomic E-state index is -0.750. The molecule has 0 aliphatic heterocycles. The van der Waals surface area contributed by atoms with E-state index in [9.17, 15) is 20.1 Å². The van der Waals surface area contributed by atoms with Crippen LogP contribution < -0.4 is 5.32 Å². The van der Waals surface area contributed by atoms with E-state index in [1.807, 2.05) is 0 Å². The monoisotopic (exact) mass is 862 g/mol. The lowest BCUT2D eigenvalue weighted by Crippen LogP contribution is -2.46. The Morgan fingerprint density at radius 2 is 0.656 bits per heavy atom. The van der Waals surface area contributed by atoms with Gasteiger partial charge in [0.2, 0.25) is 5.91 Å². The zero-order valence-corrected chi connectivity index (χ0v) is 41.6. The van der Waals surface area contributed by atoms with Crippen LogP contribution in [0.4, 0.5) is 0 Å². The highest BCUT2D eigenvalue weighted by molar-refractivity contribution is 5.76. The van der Waals surface area contributed by atoms with Crippen molar-refractivity contribution in [1.82, 2.24) is 5.32 Å². The van der Waals surface area contributed by atoms with Crippen molar-refractivity contribution in [2.75, 3.05) is 6.61 Å². The number of aliphatic hydroxyl groups excluding tert-OH is 3. The Balaban J connectivity index is 3.53. The second-order valence-corrected chi connectivity index (χ2v) is 19.6. The van der Waals surface area contributed by atoms with Crippen molar-refractivity contribution in [3.05, 3.63) is 12.2 Å². The molecule has 364 valence electrons. The second kappa shape index (κ2) is 51.7. The summed E-state index contributed by atoms with van der Waals surface area (Å²) in [7, 11) is 0. The zero-order valence-electron chi connectivity index (χ0n) is 41.6. The van der Waals surface area contributed by atoms with Crippen LogP contribution in [0.5, 0.6) is 0 Å². The van der Waals surface area contributed by atoms with Gasteiger partial charge in [0.25, 0.3) is 0 Å². The molecule has 0 saturated carbocycles. The summed E-state index contributed by atoms with van der Waals surface area (Å²) in [5.41, 5.74) is 0. The first-order valence-corrected chi connectivity index (χ1v) is 28.0. The highest BCUT2D eigenvalue weighted by Gasteiger charge is 2.21. The highest BCUT2D eigenvalue weighted by Crippen LogP contribution is 2.18. The Morgan fingerprint density at radius 1 is 0.393 bits per heavy atom. The molecule has 5 heteroatoms. The average Bonchev–Trinajstić information content (AvgIpc) is 3.25. The van der Waals surface area contributed by atoms with Crippen molar-refractivity contribution in [2.24, 2.45) is 0 Å². The Hall–Kier alpha value is -0.910. The lowest BCUT2D eigenvalue weighted by atomic mass is 10.0. The molecule has 0 aromatic carbocycles. The predicted molar refractivity (Wildman–Crippen MR) is 269 cm³/mol. The number of amides is 1. The molecule has 0 aliphatic rings. The van der Waals surface area contributed by atoms with Crippen LogP contribution in [0.15, 0.2) is 12.2 Å². The van der Waals surface area contributed by atoms with Crippen LogP contribution in [0.25, 0.3) is 0 Å². The summed E-state index contributed by atoms with van der Waals surface area (Å²) in [4.78, 5) is 12.5. The summed E-state index contributed by atoms with van der Waals surface area (Å²) in [6, 6.07) is -0.659. The van der Waals surface area contributed by atoms with E-state index in [4.69, 9.17) is 0 Å². The maximum atomic E-state index is 12.5. The van der Waals surface area contributed by atoms with Crippen LogP contribution in [-0.2, 0) is 4.79 Å². The van der Waals surface area contributed by atoms with E-state index in [0.717, 1.165) is 25.7 Å². The molecule has 0 heterocycles. The van der Waals surface area contributed by atoms with Gasteiger partial charge in [-0.05, 0) is 38.5 Å². The SMILES string of the molecule is CCCCCCCCCCCCCC/C=C\CCCCCCCCC(O)CC(=O)NC(CO)C(O)CCCCCCCCCCCCCCCCCCCCCCCCCC. The molecule has 61 heavy (non-hydrogen) atoms. The minimum Gasteiger partial charge on any atom is -0.394 e. The normalized spacial score (nSPS) is 13.3. The van der Waals surface area contributed by atoms with E-state index in [1.54, 1.807) is 0 Å². The molecule has 0 aromatic heterocycles. The number of rotatable bonds is 52. The molecule has 0 spiro atoms. The number of hydrogen-bond acceptors (Lipinski definition) is 4. The molecule has 4 N–H and O–H groups in total. The topological polar surface area (TPSA) is 89.8 Å². The molecule has 0 aromatic rings. The molecular weight excluding hydrogens is 751 g/mol. The van der Waals surface area contributed by atoms with Crippen molar-refractivity contribution in [3.8, 4) is 0 Å². The minimum absolute atomic E-state index is 0.0360. The maximum absolute atomic E-state index is 12.5. The number of carbonyl (C=O) groups is 1. The van der Waals surface area contributed by atoms with Gasteiger partial charge in [0.15, 0.2) is 0 Å². The van der Waals surface area contributed by atoms with Gasteiger partial charge >= 0.3 is 0 Å². The largest absolute Gasteiger partial charge is 0.394 e. The lowest BCUT2D eigenvalue weighted by molar-refractivity contribution is -0.125. The van der Waals surface area contributed by atoms with Gasteiger partial charge in [0, 0.05) is 0 Å². The summed E-state index contributed by atoms with van der Waals surface area (Å²) in [6.07, 6.45) is 63.6. The quantitative estimate of drug-likeness (QED) is 0.0362. The van der Waals surface area contributed by atoms with Crippen molar-refractivity contribution in [1.29, 1.82) is 0 Å². The van der Waals surface area contributed by atoms with Crippen LogP contribution in [0.3, 0.4) is 0 Å². The molecule has 0 rings (SSSR count). The fourth-order valence-electron chi connectivity index (χ4n) is 9.05. The summed E-state index contributed by atoms with van der Waals surface area (Å²) in [6.45, 7) is 4.30. The fourth-order valence-corrected chi connectivity index (χ4v) is 9.05. The Morgan fingerprint density at radius 3 is 0.951 bits per heavy atom. The van der Waals surface area contributed by atoms with E-state index in [2.05, 4.69) is 31.3 Å². The van der Waals surface area contributed by atoms with Gasteiger partial charge in [-0.2, -0.15) is 0 Å². The third kappa shape index (κ3) is 48.4. The smallest absolute Gasteiger partial charge is 0.222 e. The predicted octanol–water partition coefficient (Wildman–Crippen LogP) is 17.1. The van der Waals surface area contributed by atoms with Crippen LogP contribution in [0.1, 0.15) is 316 Å². The van der Waals surface area contributed by atoms with Crippen molar-refractivity contribution < 1.29 is 20.1 Å². The number of nitrogens with one attached hydrogen (secondary N) is 1. The van der Waals surface area contributed by atoms with E-state index >= 15 is 0 Å². The van der Waals surface area contributed by atoms with Crippen LogP contribution in [0, 0.1) is 0 Å². The second-order valence-electron chi connectivity index (χ2n) is 19.6. The molecule has 0 saturated heterocycles. The number of hydrogen-bond donors (Lipinski definition) is 4. The number of unbranched alkanes of at least 4 members (excludes halogenated alkanes) is 41. The summed E-state index contributed by atoms with van der Waals surface area (Å²) >= 11 is 0. The molecule has 3 atom stereocenters. The third-order valence-electron chi connectivity index (χ3n) is 13.3.